The molecule has 12 nitrogen and oxygen atoms in total. The molecule has 3 rings (SSSR count). The molecule has 0 aliphatic carbocycles. The van der Waals surface area contributed by atoms with Crippen LogP contribution in [-0.2, 0) is 22.5 Å². The Labute approximate surface area is 242 Å². The van der Waals surface area contributed by atoms with Gasteiger partial charge in [-0.05, 0) is 47.7 Å². The van der Waals surface area contributed by atoms with Crippen LogP contribution in [0.25, 0.3) is 5.70 Å². The van der Waals surface area contributed by atoms with Gasteiger partial charge in [-0.2, -0.15) is 0 Å². The summed E-state index contributed by atoms with van der Waals surface area (Å²) < 4.78 is 34.0. The minimum atomic E-state index is -3.61. The molecule has 0 fully saturated rings. The average Bonchev–Trinajstić information content (AvgIpc) is 3.24. The third-order valence-corrected chi connectivity index (χ3v) is 7.06. The van der Waals surface area contributed by atoms with Gasteiger partial charge < -0.3 is 15.8 Å². The average molecular weight is 586 g/mol. The van der Waals surface area contributed by atoms with Crippen LogP contribution in [0.15, 0.2) is 42.7 Å². The number of methoxy groups -OCH3 is 1. The number of aromatic nitrogens is 2. The molecular weight excluding hydrogens is 544 g/mol. The van der Waals surface area contributed by atoms with Crippen molar-refractivity contribution in [2.45, 2.75) is 33.1 Å². The van der Waals surface area contributed by atoms with E-state index in [1.54, 1.807) is 42.7 Å². The summed E-state index contributed by atoms with van der Waals surface area (Å²) in [7, 11) is 3.53. The number of anilines is 4. The summed E-state index contributed by atoms with van der Waals surface area (Å²) in [6, 6.07) is 8.60. The van der Waals surface area contributed by atoms with E-state index in [2.05, 4.69) is 15.0 Å². The number of nitrogens with two attached hydrogens (primary N) is 2. The van der Waals surface area contributed by atoms with Crippen molar-refractivity contribution in [2.75, 3.05) is 47.4 Å². The maximum absolute atomic E-state index is 13.5. The van der Waals surface area contributed by atoms with Crippen LogP contribution in [0, 0.1) is 6.92 Å². The maximum Gasteiger partial charge on any atom is 0.357 e. The van der Waals surface area contributed by atoms with Gasteiger partial charge in [0.05, 0.1) is 57.3 Å². The summed E-state index contributed by atoms with van der Waals surface area (Å²) in [4.78, 5) is 18.6. The molecule has 0 saturated carbocycles. The fourth-order valence-electron chi connectivity index (χ4n) is 4.31. The highest BCUT2D eigenvalue weighted by molar-refractivity contribution is 7.92. The number of rotatable bonds is 9. The summed E-state index contributed by atoms with van der Waals surface area (Å²) in [6.07, 6.45) is 4.43. The highest BCUT2D eigenvalue weighted by Gasteiger charge is 2.23. The number of amides is 1. The van der Waals surface area contributed by atoms with Crippen LogP contribution < -0.4 is 40.8 Å². The van der Waals surface area contributed by atoms with Gasteiger partial charge in [-0.15, -0.1) is 0 Å². The van der Waals surface area contributed by atoms with Crippen molar-refractivity contribution in [3.05, 3.63) is 65.1 Å². The lowest BCUT2D eigenvalue weighted by molar-refractivity contribution is -0.659. The molecule has 41 heavy (non-hydrogen) atoms. The Bertz CT molecular complexity index is 1590. The summed E-state index contributed by atoms with van der Waals surface area (Å²) in [5.41, 5.74) is 10.3. The van der Waals surface area contributed by atoms with Crippen LogP contribution in [0.5, 0.6) is 5.75 Å². The Morgan fingerprint density at radius 2 is 1.78 bits per heavy atom. The first-order chi connectivity index (χ1) is 18.9. The van der Waals surface area contributed by atoms with Gasteiger partial charge in [0.15, 0.2) is 11.4 Å². The van der Waals surface area contributed by atoms with E-state index in [1.807, 2.05) is 58.3 Å². The number of aromatic amines is 1. The van der Waals surface area contributed by atoms with E-state index in [0.29, 0.717) is 22.6 Å². The van der Waals surface area contributed by atoms with Crippen molar-refractivity contribution in [3.63, 3.8) is 0 Å². The van der Waals surface area contributed by atoms with Crippen molar-refractivity contribution in [1.82, 2.24) is 4.98 Å². The smallest absolute Gasteiger partial charge is 0.357 e. The molecule has 0 aliphatic rings. The lowest BCUT2D eigenvalue weighted by Gasteiger charge is -2.24. The lowest BCUT2D eigenvalue weighted by Crippen LogP contribution is -2.38. The van der Waals surface area contributed by atoms with E-state index >= 15 is 0 Å². The van der Waals surface area contributed by atoms with Crippen LogP contribution in [0.1, 0.15) is 48.0 Å². The minimum absolute atomic E-state index is 0.191. The van der Waals surface area contributed by atoms with Gasteiger partial charge >= 0.3 is 5.95 Å². The van der Waals surface area contributed by atoms with Crippen molar-refractivity contribution in [3.8, 4) is 5.75 Å². The summed E-state index contributed by atoms with van der Waals surface area (Å²) in [5.74, 6) is 7.01. The number of H-pyrrole nitrogens is 1. The SMILES string of the molecule is COc1c(NC(=O)c2ccc(C)c(N(N)C=C(N)c3c[nH]c(N(C)C)[n+]3C)c2)cc(C(C)(C)C)cc1NS(C)(=O)=O. The Hall–Kier alpha value is -4.23. The molecule has 7 N–H and O–H groups in total. The van der Waals surface area contributed by atoms with Crippen molar-refractivity contribution in [1.29, 1.82) is 0 Å². The van der Waals surface area contributed by atoms with Crippen molar-refractivity contribution in [2.24, 2.45) is 18.6 Å². The number of hydrazine groups is 1. The van der Waals surface area contributed by atoms with Crippen molar-refractivity contribution < 1.29 is 22.5 Å². The first-order valence-corrected chi connectivity index (χ1v) is 14.7. The number of nitrogens with one attached hydrogen (secondary N) is 3. The number of carbonyl (C=O) groups excluding carboxylic acids is 1. The predicted molar refractivity (Wildman–Crippen MR) is 164 cm³/mol. The second kappa shape index (κ2) is 11.7. The van der Waals surface area contributed by atoms with E-state index in [1.165, 1.54) is 12.1 Å². The summed E-state index contributed by atoms with van der Waals surface area (Å²) >= 11 is 0. The van der Waals surface area contributed by atoms with Crippen LogP contribution >= 0.6 is 0 Å². The number of hydrogen-bond acceptors (Lipinski definition) is 8. The molecule has 1 heterocycles. The van der Waals surface area contributed by atoms with E-state index in [0.717, 1.165) is 29.0 Å². The fourth-order valence-corrected chi connectivity index (χ4v) is 4.86. The molecule has 222 valence electrons. The molecule has 0 bridgehead atoms. The van der Waals surface area contributed by atoms with Gasteiger partial charge in [-0.1, -0.05) is 26.8 Å². The Balaban J connectivity index is 1.98. The van der Waals surface area contributed by atoms with Gasteiger partial charge in [-0.25, -0.2) is 23.8 Å². The molecule has 0 aliphatic heterocycles. The van der Waals surface area contributed by atoms with Gasteiger partial charge in [0.2, 0.25) is 10.0 Å². The third-order valence-electron chi connectivity index (χ3n) is 6.47. The first kappa shape index (κ1) is 31.3. The normalized spacial score (nSPS) is 12.2. The maximum atomic E-state index is 13.5. The molecular formula is C28H41N8O4S+. The quantitative estimate of drug-likeness (QED) is 0.145. The second-order valence-corrected chi connectivity index (χ2v) is 12.9. The molecule has 3 aromatic rings. The summed E-state index contributed by atoms with van der Waals surface area (Å²) in [6.45, 7) is 7.84. The van der Waals surface area contributed by atoms with Crippen LogP contribution in [-0.4, -0.2) is 46.8 Å². The molecule has 0 atom stereocenters. The number of hydrogen-bond donors (Lipinski definition) is 5. The highest BCUT2D eigenvalue weighted by atomic mass is 32.2. The molecule has 0 unspecified atom stereocenters. The molecule has 1 aromatic heterocycles. The van der Waals surface area contributed by atoms with Crippen molar-refractivity contribution >= 4 is 44.6 Å². The Kier molecular flexibility index (Phi) is 8.94. The van der Waals surface area contributed by atoms with Crippen LogP contribution in [0.3, 0.4) is 0 Å². The molecule has 13 heteroatoms. The van der Waals surface area contributed by atoms with Gasteiger partial charge in [0, 0.05) is 11.8 Å². The Morgan fingerprint density at radius 3 is 2.32 bits per heavy atom. The number of sulfonamides is 1. The second-order valence-electron chi connectivity index (χ2n) is 11.1. The number of benzene rings is 2. The topological polar surface area (TPSA) is 163 Å². The number of aryl methyl sites for hydroxylation is 1. The molecule has 2 aromatic carbocycles. The first-order valence-electron chi connectivity index (χ1n) is 12.8. The van der Waals surface area contributed by atoms with E-state index < -0.39 is 15.9 Å². The van der Waals surface area contributed by atoms with E-state index in [9.17, 15) is 13.2 Å². The number of imidazole rings is 1. The molecule has 1 amide bonds. The Morgan fingerprint density at radius 1 is 1.15 bits per heavy atom. The van der Waals surface area contributed by atoms with E-state index in [-0.39, 0.29) is 16.9 Å². The number of ether oxygens (including phenoxy) is 1. The molecule has 0 radical (unpaired) electrons. The largest absolute Gasteiger partial charge is 0.492 e. The van der Waals surface area contributed by atoms with Gasteiger partial charge in [0.1, 0.15) is 6.20 Å². The van der Waals surface area contributed by atoms with Crippen LogP contribution in [0.2, 0.25) is 0 Å². The monoisotopic (exact) mass is 585 g/mol. The standard InChI is InChI=1S/C28H40N8O4S/c1-17-10-11-18(12-23(17)36(30)16-20(29)24-15-31-27(34(5)6)35(24)7)26(37)32-21-13-19(28(2,3)4)14-22(25(21)40-8)33-41(9,38)39/h10-16,33H,29-30H2,1-9H3,(H,32,37)/p+1. The highest BCUT2D eigenvalue weighted by Crippen LogP contribution is 2.39. The third kappa shape index (κ3) is 7.30. The van der Waals surface area contributed by atoms with E-state index in [4.69, 9.17) is 16.3 Å². The molecule has 0 saturated heterocycles. The van der Waals surface area contributed by atoms with Gasteiger partial charge in [-0.3, -0.25) is 19.4 Å². The lowest BCUT2D eigenvalue weighted by atomic mass is 9.86. The minimum Gasteiger partial charge on any atom is -0.492 e. The zero-order chi connectivity index (χ0) is 30.9. The number of nitrogens with zero attached hydrogens (tertiary/aromatic N) is 3. The zero-order valence-electron chi connectivity index (χ0n) is 25.1. The fraction of sp³-hybridized carbons (Fsp3) is 0.357. The number of carbonyl (C=O) groups is 1. The summed E-state index contributed by atoms with van der Waals surface area (Å²) in [5, 5.41) is 4.25. The van der Waals surface area contributed by atoms with Crippen LogP contribution in [0.4, 0.5) is 23.0 Å². The zero-order valence-corrected chi connectivity index (χ0v) is 25.9. The predicted octanol–water partition coefficient (Wildman–Crippen LogP) is 2.78. The van der Waals surface area contributed by atoms with Gasteiger partial charge in [0.25, 0.3) is 5.91 Å². The molecule has 0 spiro atoms.